The van der Waals surface area contributed by atoms with Crippen LogP contribution in [0.15, 0.2) is 54.6 Å². The number of hydrogen-bond donors (Lipinski definition) is 2. The van der Waals surface area contributed by atoms with Crippen LogP contribution >= 0.6 is 0 Å². The first kappa shape index (κ1) is 21.8. The highest BCUT2D eigenvalue weighted by Crippen LogP contribution is 2.18. The summed E-state index contributed by atoms with van der Waals surface area (Å²) in [6.07, 6.45) is -0.142. The van der Waals surface area contributed by atoms with Gasteiger partial charge in [-0.2, -0.15) is 8.78 Å². The van der Waals surface area contributed by atoms with Gasteiger partial charge in [0.05, 0.1) is 12.5 Å². The quantitative estimate of drug-likeness (QED) is 0.625. The molecule has 0 fully saturated rings. The van der Waals surface area contributed by atoms with Gasteiger partial charge in [-0.3, -0.25) is 14.4 Å². The van der Waals surface area contributed by atoms with Gasteiger partial charge in [0.2, 0.25) is 5.91 Å². The largest absolute Gasteiger partial charge is 0.455 e. The van der Waals surface area contributed by atoms with E-state index in [-0.39, 0.29) is 18.1 Å². The number of nitrogens with one attached hydrogen (secondary N) is 2. The third-order valence-corrected chi connectivity index (χ3v) is 3.68. The van der Waals surface area contributed by atoms with Crippen LogP contribution in [0.2, 0.25) is 0 Å². The molecule has 29 heavy (non-hydrogen) atoms. The Bertz CT molecular complexity index is 829. The van der Waals surface area contributed by atoms with Gasteiger partial charge in [-0.15, -0.1) is 0 Å². The molecule has 0 unspecified atom stereocenters. The molecule has 0 aliphatic heterocycles. The smallest absolute Gasteiger partial charge is 0.387 e. The molecule has 2 N–H and O–H groups in total. The molecule has 2 aromatic rings. The fraction of sp³-hybridized carbons (Fsp3) is 0.250. The number of halogens is 2. The summed E-state index contributed by atoms with van der Waals surface area (Å²) in [6, 6.07) is 13.6. The van der Waals surface area contributed by atoms with E-state index in [1.54, 1.807) is 24.3 Å². The number of amides is 2. The standard InChI is InChI=1S/C20H20F2N2O5/c1-13(25)23-17(14-5-3-2-4-6-14)11-19(27)28-12-18(26)24-15-7-9-16(10-8-15)29-20(21)22/h2-10,17,20H,11-12H2,1H3,(H,23,25)(H,24,26)/t17-/m1/s1. The fourth-order valence-corrected chi connectivity index (χ4v) is 2.47. The maximum Gasteiger partial charge on any atom is 0.387 e. The summed E-state index contributed by atoms with van der Waals surface area (Å²) in [6.45, 7) is -2.13. The molecule has 2 rings (SSSR count). The van der Waals surface area contributed by atoms with E-state index in [4.69, 9.17) is 4.74 Å². The highest BCUT2D eigenvalue weighted by Gasteiger charge is 2.18. The highest BCUT2D eigenvalue weighted by atomic mass is 19.3. The molecule has 0 spiro atoms. The second-order valence-corrected chi connectivity index (χ2v) is 5.98. The van der Waals surface area contributed by atoms with Gasteiger partial charge in [0, 0.05) is 12.6 Å². The molecular formula is C20H20F2N2O5. The molecule has 0 saturated carbocycles. The molecule has 7 nitrogen and oxygen atoms in total. The Morgan fingerprint density at radius 3 is 2.24 bits per heavy atom. The summed E-state index contributed by atoms with van der Waals surface area (Å²) in [5, 5.41) is 5.13. The maximum absolute atomic E-state index is 12.1. The Balaban J connectivity index is 1.84. The van der Waals surface area contributed by atoms with E-state index >= 15 is 0 Å². The third kappa shape index (κ3) is 7.96. The number of ether oxygens (including phenoxy) is 2. The summed E-state index contributed by atoms with van der Waals surface area (Å²) >= 11 is 0. The van der Waals surface area contributed by atoms with Crippen molar-refractivity contribution in [2.75, 3.05) is 11.9 Å². The molecule has 0 bridgehead atoms. The first-order chi connectivity index (χ1) is 13.8. The van der Waals surface area contributed by atoms with Gasteiger partial charge in [0.25, 0.3) is 5.91 Å². The lowest BCUT2D eigenvalue weighted by atomic mass is 10.0. The molecule has 0 saturated heterocycles. The molecule has 0 heterocycles. The molecule has 2 aromatic carbocycles. The zero-order chi connectivity index (χ0) is 21.2. The molecule has 0 aliphatic rings. The van der Waals surface area contributed by atoms with Crippen LogP contribution in [0, 0.1) is 0 Å². The average molecular weight is 406 g/mol. The number of esters is 1. The SMILES string of the molecule is CC(=O)N[C@H](CC(=O)OCC(=O)Nc1ccc(OC(F)F)cc1)c1ccccc1. The topological polar surface area (TPSA) is 93.7 Å². The number of carbonyl (C=O) groups excluding carboxylic acids is 3. The monoisotopic (exact) mass is 406 g/mol. The average Bonchev–Trinajstić information content (AvgIpc) is 2.67. The first-order valence-electron chi connectivity index (χ1n) is 8.66. The van der Waals surface area contributed by atoms with Crippen molar-refractivity contribution in [2.45, 2.75) is 26.0 Å². The summed E-state index contributed by atoms with van der Waals surface area (Å²) in [5.74, 6) is -1.61. The predicted molar refractivity (Wildman–Crippen MR) is 100 cm³/mol. The van der Waals surface area contributed by atoms with E-state index < -0.39 is 31.1 Å². The Morgan fingerprint density at radius 1 is 1.00 bits per heavy atom. The van der Waals surface area contributed by atoms with Crippen LogP contribution in [0.5, 0.6) is 5.75 Å². The number of anilines is 1. The number of carbonyl (C=O) groups is 3. The zero-order valence-corrected chi connectivity index (χ0v) is 15.6. The van der Waals surface area contributed by atoms with Crippen molar-refractivity contribution in [3.63, 3.8) is 0 Å². The van der Waals surface area contributed by atoms with Gasteiger partial charge in [0.1, 0.15) is 5.75 Å². The number of rotatable bonds is 9. The fourth-order valence-electron chi connectivity index (χ4n) is 2.47. The van der Waals surface area contributed by atoms with Crippen molar-refractivity contribution >= 4 is 23.5 Å². The second kappa shape index (κ2) is 10.7. The summed E-state index contributed by atoms with van der Waals surface area (Å²) in [7, 11) is 0. The lowest BCUT2D eigenvalue weighted by Gasteiger charge is -2.17. The number of benzene rings is 2. The molecule has 0 radical (unpaired) electrons. The zero-order valence-electron chi connectivity index (χ0n) is 15.6. The number of alkyl halides is 2. The third-order valence-electron chi connectivity index (χ3n) is 3.68. The van der Waals surface area contributed by atoms with Crippen molar-refractivity contribution in [1.82, 2.24) is 5.32 Å². The Hall–Kier alpha value is -3.49. The van der Waals surface area contributed by atoms with Crippen molar-refractivity contribution < 1.29 is 32.6 Å². The minimum absolute atomic E-state index is 0.0469. The van der Waals surface area contributed by atoms with E-state index in [1.165, 1.54) is 31.2 Å². The van der Waals surface area contributed by atoms with Crippen molar-refractivity contribution in [1.29, 1.82) is 0 Å². The lowest BCUT2D eigenvalue weighted by molar-refractivity contribution is -0.148. The molecule has 0 aromatic heterocycles. The summed E-state index contributed by atoms with van der Waals surface area (Å²) in [5.41, 5.74) is 1.06. The van der Waals surface area contributed by atoms with Crippen molar-refractivity contribution in [3.8, 4) is 5.75 Å². The lowest BCUT2D eigenvalue weighted by Crippen LogP contribution is -2.29. The van der Waals surface area contributed by atoms with Gasteiger partial charge < -0.3 is 20.1 Å². The Kier molecular flexibility index (Phi) is 8.08. The van der Waals surface area contributed by atoms with Crippen molar-refractivity contribution in [3.05, 3.63) is 60.2 Å². The van der Waals surface area contributed by atoms with Crippen LogP contribution in [-0.4, -0.2) is 31.0 Å². The Morgan fingerprint density at radius 2 is 1.66 bits per heavy atom. The normalized spacial score (nSPS) is 11.4. The summed E-state index contributed by atoms with van der Waals surface area (Å²) in [4.78, 5) is 35.4. The number of hydrogen-bond acceptors (Lipinski definition) is 5. The summed E-state index contributed by atoms with van der Waals surface area (Å²) < 4.78 is 33.4. The van der Waals surface area contributed by atoms with E-state index in [2.05, 4.69) is 15.4 Å². The van der Waals surface area contributed by atoms with Crippen LogP contribution in [0.1, 0.15) is 24.9 Å². The molecular weight excluding hydrogens is 386 g/mol. The van der Waals surface area contributed by atoms with Gasteiger partial charge in [-0.1, -0.05) is 30.3 Å². The van der Waals surface area contributed by atoms with E-state index in [9.17, 15) is 23.2 Å². The van der Waals surface area contributed by atoms with Crippen LogP contribution in [0.25, 0.3) is 0 Å². The second-order valence-electron chi connectivity index (χ2n) is 5.98. The van der Waals surface area contributed by atoms with Gasteiger partial charge >= 0.3 is 12.6 Å². The molecule has 1 atom stereocenters. The van der Waals surface area contributed by atoms with Crippen LogP contribution in [-0.2, 0) is 19.1 Å². The Labute approximate surface area is 166 Å². The minimum atomic E-state index is -2.94. The molecule has 9 heteroatoms. The van der Waals surface area contributed by atoms with E-state index in [0.717, 1.165) is 5.56 Å². The van der Waals surface area contributed by atoms with Gasteiger partial charge in [0.15, 0.2) is 6.61 Å². The maximum atomic E-state index is 12.1. The molecule has 2 amide bonds. The highest BCUT2D eigenvalue weighted by molar-refractivity contribution is 5.92. The van der Waals surface area contributed by atoms with E-state index in [0.29, 0.717) is 5.69 Å². The van der Waals surface area contributed by atoms with Gasteiger partial charge in [-0.25, -0.2) is 0 Å². The predicted octanol–water partition coefficient (Wildman–Crippen LogP) is 3.04. The first-order valence-corrected chi connectivity index (χ1v) is 8.66. The van der Waals surface area contributed by atoms with Crippen LogP contribution in [0.4, 0.5) is 14.5 Å². The molecule has 154 valence electrons. The van der Waals surface area contributed by atoms with Crippen LogP contribution in [0.3, 0.4) is 0 Å². The van der Waals surface area contributed by atoms with Crippen LogP contribution < -0.4 is 15.4 Å². The van der Waals surface area contributed by atoms with Gasteiger partial charge in [-0.05, 0) is 29.8 Å². The van der Waals surface area contributed by atoms with E-state index in [1.807, 2.05) is 6.07 Å². The molecule has 0 aliphatic carbocycles. The minimum Gasteiger partial charge on any atom is -0.455 e. The van der Waals surface area contributed by atoms with Crippen molar-refractivity contribution in [2.24, 2.45) is 0 Å².